The first-order valence-corrected chi connectivity index (χ1v) is 4.14. The maximum atomic E-state index is 5.01. The Balaban J connectivity index is 0. The van der Waals surface area contributed by atoms with Gasteiger partial charge in [-0.05, 0) is 25.3 Å². The van der Waals surface area contributed by atoms with E-state index in [1.54, 1.807) is 0 Å². The molecule has 0 aromatic heterocycles. The van der Waals surface area contributed by atoms with E-state index >= 15 is 0 Å². The molecular weight excluding hydrogens is 178 g/mol. The molecule has 11 heavy (non-hydrogen) atoms. The average Bonchev–Trinajstić information content (AvgIpc) is 1.90. The van der Waals surface area contributed by atoms with Crippen LogP contribution in [0.1, 0.15) is 21.3 Å². The number of thiol groups is 1. The second kappa shape index (κ2) is 8.30. The Bertz CT molecular complexity index is 105. The van der Waals surface area contributed by atoms with Crippen LogP contribution < -0.4 is 0 Å². The number of hydrogen-bond donors (Lipinski definition) is 1. The molecule has 0 aliphatic rings. The van der Waals surface area contributed by atoms with E-state index < -0.39 is 0 Å². The molecule has 0 heterocycles. The molecule has 68 valence electrons. The van der Waals surface area contributed by atoms with Gasteiger partial charge in [0.2, 0.25) is 4.38 Å². The van der Waals surface area contributed by atoms with Crippen molar-refractivity contribution in [3.63, 3.8) is 0 Å². The number of ether oxygens (including phenoxy) is 1. The average molecular weight is 195 g/mol. The summed E-state index contributed by atoms with van der Waals surface area (Å²) in [6, 6.07) is 0. The molecule has 0 amide bonds. The van der Waals surface area contributed by atoms with Gasteiger partial charge in [-0.25, -0.2) is 0 Å². The van der Waals surface area contributed by atoms with E-state index in [4.69, 9.17) is 4.74 Å². The largest absolute Gasteiger partial charge is 0.463 e. The highest BCUT2D eigenvalue weighted by atomic mass is 32.1. The standard InChI is InChI=1S/C6H13NOS2.CH4/c1-3-7(4-2)5-8-6(9)10;/h3-5H2,1-2H3,(H,9,10);1H4. The maximum absolute atomic E-state index is 5.01. The van der Waals surface area contributed by atoms with E-state index in [-0.39, 0.29) is 7.43 Å². The van der Waals surface area contributed by atoms with Crippen LogP contribution in [0.4, 0.5) is 0 Å². The van der Waals surface area contributed by atoms with Gasteiger partial charge in [-0.2, -0.15) is 0 Å². The van der Waals surface area contributed by atoms with Gasteiger partial charge in [0.15, 0.2) is 0 Å². The predicted molar refractivity (Wildman–Crippen MR) is 57.2 cm³/mol. The fourth-order valence-electron chi connectivity index (χ4n) is 0.553. The van der Waals surface area contributed by atoms with Crippen molar-refractivity contribution in [2.75, 3.05) is 19.8 Å². The molecule has 0 atom stereocenters. The van der Waals surface area contributed by atoms with Gasteiger partial charge < -0.3 is 4.74 Å². The molecule has 0 radical (unpaired) electrons. The summed E-state index contributed by atoms with van der Waals surface area (Å²) in [5.74, 6) is 0. The van der Waals surface area contributed by atoms with Crippen molar-refractivity contribution in [1.29, 1.82) is 0 Å². The highest BCUT2D eigenvalue weighted by molar-refractivity contribution is 8.10. The highest BCUT2D eigenvalue weighted by Gasteiger charge is 1.97. The first kappa shape index (κ1) is 13.8. The van der Waals surface area contributed by atoms with Gasteiger partial charge in [0, 0.05) is 0 Å². The number of rotatable bonds is 4. The smallest absolute Gasteiger partial charge is 0.218 e. The minimum atomic E-state index is 0. The Morgan fingerprint density at radius 3 is 2.18 bits per heavy atom. The van der Waals surface area contributed by atoms with Crippen molar-refractivity contribution in [2.24, 2.45) is 0 Å². The molecule has 0 aliphatic carbocycles. The molecule has 0 aromatic rings. The van der Waals surface area contributed by atoms with Crippen molar-refractivity contribution in [2.45, 2.75) is 21.3 Å². The van der Waals surface area contributed by atoms with Crippen LogP contribution >= 0.6 is 24.8 Å². The molecule has 2 nitrogen and oxygen atoms in total. The molecular formula is C7H17NOS2. The van der Waals surface area contributed by atoms with Gasteiger partial charge in [0.25, 0.3) is 0 Å². The second-order valence-corrected chi connectivity index (χ2v) is 2.92. The zero-order chi connectivity index (χ0) is 7.98. The van der Waals surface area contributed by atoms with E-state index in [0.717, 1.165) is 13.1 Å². The predicted octanol–water partition coefficient (Wildman–Crippen LogP) is 2.15. The van der Waals surface area contributed by atoms with Crippen molar-refractivity contribution < 1.29 is 4.74 Å². The Labute approximate surface area is 80.3 Å². The SMILES string of the molecule is C.CCN(CC)COC(=S)S. The molecule has 0 unspecified atom stereocenters. The summed E-state index contributed by atoms with van der Waals surface area (Å²) < 4.78 is 5.32. The van der Waals surface area contributed by atoms with E-state index in [9.17, 15) is 0 Å². The molecule has 0 aliphatic heterocycles. The zero-order valence-electron chi connectivity index (χ0n) is 6.33. The number of hydrogen-bond acceptors (Lipinski definition) is 3. The van der Waals surface area contributed by atoms with Crippen LogP contribution in [0.2, 0.25) is 0 Å². The van der Waals surface area contributed by atoms with Crippen LogP contribution in [-0.4, -0.2) is 29.1 Å². The summed E-state index contributed by atoms with van der Waals surface area (Å²) in [6.45, 7) is 6.66. The third-order valence-corrected chi connectivity index (χ3v) is 1.51. The summed E-state index contributed by atoms with van der Waals surface area (Å²) in [5, 5.41) is 0. The molecule has 0 fully saturated rings. The highest BCUT2D eigenvalue weighted by Crippen LogP contribution is 1.91. The second-order valence-electron chi connectivity index (χ2n) is 1.84. The van der Waals surface area contributed by atoms with Crippen molar-refractivity contribution >= 4 is 29.2 Å². The van der Waals surface area contributed by atoms with Gasteiger partial charge >= 0.3 is 0 Å². The lowest BCUT2D eigenvalue weighted by atomic mass is 10.6. The lowest BCUT2D eigenvalue weighted by Crippen LogP contribution is -2.26. The number of thiocarbonyl (C=S) groups is 1. The van der Waals surface area contributed by atoms with Crippen LogP contribution in [-0.2, 0) is 4.74 Å². The van der Waals surface area contributed by atoms with Crippen molar-refractivity contribution in [3.05, 3.63) is 0 Å². The van der Waals surface area contributed by atoms with Crippen LogP contribution in [0, 0.1) is 0 Å². The first-order valence-electron chi connectivity index (χ1n) is 3.28. The van der Waals surface area contributed by atoms with E-state index in [2.05, 4.69) is 43.6 Å². The lowest BCUT2D eigenvalue weighted by molar-refractivity contribution is 0.136. The molecule has 0 aromatic carbocycles. The van der Waals surface area contributed by atoms with Gasteiger partial charge in [-0.3, -0.25) is 4.90 Å². The monoisotopic (exact) mass is 195 g/mol. The molecule has 0 N–H and O–H groups in total. The Morgan fingerprint density at radius 2 is 1.91 bits per heavy atom. The van der Waals surface area contributed by atoms with Gasteiger partial charge in [-0.1, -0.05) is 33.9 Å². The van der Waals surface area contributed by atoms with Gasteiger partial charge in [-0.15, -0.1) is 0 Å². The third-order valence-electron chi connectivity index (χ3n) is 1.27. The molecule has 0 saturated heterocycles. The van der Waals surface area contributed by atoms with Crippen LogP contribution in [0.5, 0.6) is 0 Å². The Morgan fingerprint density at radius 1 is 1.45 bits per heavy atom. The topological polar surface area (TPSA) is 12.5 Å². The molecule has 0 saturated carbocycles. The van der Waals surface area contributed by atoms with Crippen molar-refractivity contribution in [3.8, 4) is 0 Å². The van der Waals surface area contributed by atoms with Crippen LogP contribution in [0.15, 0.2) is 0 Å². The minimum Gasteiger partial charge on any atom is -0.463 e. The summed E-state index contributed by atoms with van der Waals surface area (Å²) >= 11 is 8.46. The maximum Gasteiger partial charge on any atom is 0.218 e. The molecule has 0 rings (SSSR count). The third kappa shape index (κ3) is 8.10. The lowest BCUT2D eigenvalue weighted by Gasteiger charge is -2.17. The molecule has 0 bridgehead atoms. The van der Waals surface area contributed by atoms with E-state index in [1.165, 1.54) is 0 Å². The fraction of sp³-hybridized carbons (Fsp3) is 0.857. The summed E-state index contributed by atoms with van der Waals surface area (Å²) in [7, 11) is 0. The van der Waals surface area contributed by atoms with Crippen LogP contribution in [0.3, 0.4) is 0 Å². The zero-order valence-corrected chi connectivity index (χ0v) is 8.04. The summed E-state index contributed by atoms with van der Waals surface area (Å²) in [5.41, 5.74) is 0. The Kier molecular flexibility index (Phi) is 10.4. The van der Waals surface area contributed by atoms with Gasteiger partial charge in [0.1, 0.15) is 6.73 Å². The molecule has 4 heteroatoms. The quantitative estimate of drug-likeness (QED) is 0.419. The van der Waals surface area contributed by atoms with Crippen molar-refractivity contribution in [1.82, 2.24) is 4.90 Å². The van der Waals surface area contributed by atoms with Gasteiger partial charge in [0.05, 0.1) is 0 Å². The number of nitrogens with zero attached hydrogens (tertiary/aromatic N) is 1. The fourth-order valence-corrected chi connectivity index (χ4v) is 0.663. The normalized spacial score (nSPS) is 9.09. The first-order chi connectivity index (χ1) is 4.70. The van der Waals surface area contributed by atoms with E-state index in [0.29, 0.717) is 11.1 Å². The Hall–Kier alpha value is 0.200. The van der Waals surface area contributed by atoms with Crippen LogP contribution in [0.25, 0.3) is 0 Å². The van der Waals surface area contributed by atoms with E-state index in [1.807, 2.05) is 0 Å². The molecule has 0 spiro atoms. The summed E-state index contributed by atoms with van der Waals surface area (Å²) in [4.78, 5) is 2.11. The summed E-state index contributed by atoms with van der Waals surface area (Å²) in [6.07, 6.45) is 0. The minimum absolute atomic E-state index is 0.